The third-order valence-corrected chi connectivity index (χ3v) is 4.61. The number of Topliss-reactive ketones (excluding diaryl/α,β-unsaturated/α-hetero) is 1. The van der Waals surface area contributed by atoms with E-state index < -0.39 is 0 Å². The number of rotatable bonds is 2. The first kappa shape index (κ1) is 17.5. The molecule has 6 heteroatoms. The van der Waals surface area contributed by atoms with Crippen LogP contribution in [-0.2, 0) is 0 Å². The summed E-state index contributed by atoms with van der Waals surface area (Å²) in [6, 6.07) is 5.30. The fourth-order valence-corrected chi connectivity index (χ4v) is 3.16. The molecule has 0 saturated carbocycles. The van der Waals surface area contributed by atoms with Gasteiger partial charge in [0.1, 0.15) is 5.75 Å². The maximum absolute atomic E-state index is 12.7. The van der Waals surface area contributed by atoms with E-state index in [1.54, 1.807) is 18.2 Å². The van der Waals surface area contributed by atoms with Gasteiger partial charge in [0.05, 0.1) is 12.2 Å². The second-order valence-corrected chi connectivity index (χ2v) is 6.38. The molecule has 1 fully saturated rings. The van der Waals surface area contributed by atoms with E-state index in [9.17, 15) is 4.79 Å². The molecule has 1 aromatic rings. The molecule has 1 unspecified atom stereocenters. The molecule has 22 heavy (non-hydrogen) atoms. The second-order valence-electron chi connectivity index (χ2n) is 5.94. The molecule has 3 rings (SSSR count). The lowest BCUT2D eigenvalue weighted by atomic mass is 9.94. The van der Waals surface area contributed by atoms with Gasteiger partial charge in [-0.3, -0.25) is 4.79 Å². The fraction of sp³-hybridized carbons (Fsp3) is 0.562. The Kier molecular flexibility index (Phi) is 6.09. The number of ketones is 1. The van der Waals surface area contributed by atoms with E-state index in [0.29, 0.717) is 22.9 Å². The highest BCUT2D eigenvalue weighted by atomic mass is 35.5. The first-order valence-electron chi connectivity index (χ1n) is 7.51. The number of halogens is 2. The number of benzene rings is 1. The van der Waals surface area contributed by atoms with Crippen LogP contribution in [0.1, 0.15) is 16.8 Å². The molecule has 0 radical (unpaired) electrons. The lowest BCUT2D eigenvalue weighted by Gasteiger charge is -2.34. The summed E-state index contributed by atoms with van der Waals surface area (Å²) in [5.41, 5.74) is 0.677. The van der Waals surface area contributed by atoms with Gasteiger partial charge in [-0.1, -0.05) is 11.6 Å². The van der Waals surface area contributed by atoms with Crippen LogP contribution >= 0.6 is 24.0 Å². The van der Waals surface area contributed by atoms with Crippen LogP contribution in [0.4, 0.5) is 0 Å². The van der Waals surface area contributed by atoms with Gasteiger partial charge in [0.2, 0.25) is 0 Å². The predicted molar refractivity (Wildman–Crippen MR) is 90.6 cm³/mol. The Balaban J connectivity index is 0.00000176. The summed E-state index contributed by atoms with van der Waals surface area (Å²) in [7, 11) is 2.14. The Morgan fingerprint density at radius 2 is 2.00 bits per heavy atom. The first-order valence-corrected chi connectivity index (χ1v) is 7.89. The SMILES string of the molecule is CN1CCN(CC2CCOc3cc(Cl)ccc3C2=O)CC1.Cl. The smallest absolute Gasteiger partial charge is 0.171 e. The Morgan fingerprint density at radius 3 is 2.73 bits per heavy atom. The standard InChI is InChI=1S/C16H21ClN2O2.ClH/c1-18-5-7-19(8-6-18)11-12-4-9-21-15-10-13(17)2-3-14(15)16(12)20;/h2-3,10,12H,4-9,11H2,1H3;1H. The van der Waals surface area contributed by atoms with Crippen LogP contribution in [0.5, 0.6) is 5.75 Å². The highest BCUT2D eigenvalue weighted by Crippen LogP contribution is 2.30. The van der Waals surface area contributed by atoms with Crippen LogP contribution in [0.15, 0.2) is 18.2 Å². The summed E-state index contributed by atoms with van der Waals surface area (Å²) in [5, 5.41) is 0.610. The predicted octanol–water partition coefficient (Wildman–Crippen LogP) is 2.59. The molecule has 0 bridgehead atoms. The van der Waals surface area contributed by atoms with Crippen molar-refractivity contribution in [3.8, 4) is 5.75 Å². The summed E-state index contributed by atoms with van der Waals surface area (Å²) in [6.45, 7) is 5.63. The van der Waals surface area contributed by atoms with Crippen molar-refractivity contribution < 1.29 is 9.53 Å². The molecule has 1 aromatic carbocycles. The largest absolute Gasteiger partial charge is 0.493 e. The van der Waals surface area contributed by atoms with Crippen molar-refractivity contribution in [1.82, 2.24) is 9.80 Å². The van der Waals surface area contributed by atoms with Crippen LogP contribution in [0.3, 0.4) is 0 Å². The Hall–Kier alpha value is -0.810. The molecule has 1 atom stereocenters. The maximum Gasteiger partial charge on any atom is 0.171 e. The van der Waals surface area contributed by atoms with Gasteiger partial charge in [0.25, 0.3) is 0 Å². The van der Waals surface area contributed by atoms with Crippen molar-refractivity contribution in [3.63, 3.8) is 0 Å². The number of piperazine rings is 1. The van der Waals surface area contributed by atoms with Gasteiger partial charge < -0.3 is 14.5 Å². The molecule has 0 aliphatic carbocycles. The number of nitrogens with zero attached hydrogens (tertiary/aromatic N) is 2. The van der Waals surface area contributed by atoms with E-state index >= 15 is 0 Å². The van der Waals surface area contributed by atoms with E-state index in [0.717, 1.165) is 39.1 Å². The minimum atomic E-state index is 0. The Morgan fingerprint density at radius 1 is 1.27 bits per heavy atom. The number of ether oxygens (including phenoxy) is 1. The lowest BCUT2D eigenvalue weighted by molar-refractivity contribution is 0.0825. The van der Waals surface area contributed by atoms with Crippen LogP contribution in [-0.4, -0.2) is 62.0 Å². The number of likely N-dealkylation sites (N-methyl/N-ethyl adjacent to an activating group) is 1. The van der Waals surface area contributed by atoms with E-state index in [2.05, 4.69) is 16.8 Å². The summed E-state index contributed by atoms with van der Waals surface area (Å²) in [5.74, 6) is 0.849. The third-order valence-electron chi connectivity index (χ3n) is 4.38. The van der Waals surface area contributed by atoms with Gasteiger partial charge in [-0.15, -0.1) is 12.4 Å². The Labute approximate surface area is 142 Å². The second kappa shape index (κ2) is 7.64. The molecule has 2 aliphatic rings. The van der Waals surface area contributed by atoms with E-state index in [1.165, 1.54) is 0 Å². The number of carbonyl (C=O) groups excluding carboxylic acids is 1. The van der Waals surface area contributed by atoms with Gasteiger partial charge in [-0.2, -0.15) is 0 Å². The van der Waals surface area contributed by atoms with Crippen molar-refractivity contribution in [2.45, 2.75) is 6.42 Å². The van der Waals surface area contributed by atoms with Crippen molar-refractivity contribution in [2.24, 2.45) is 5.92 Å². The maximum atomic E-state index is 12.7. The summed E-state index contributed by atoms with van der Waals surface area (Å²) < 4.78 is 5.70. The van der Waals surface area contributed by atoms with Crippen LogP contribution in [0.2, 0.25) is 5.02 Å². The molecule has 122 valence electrons. The molecule has 2 heterocycles. The molecule has 0 spiro atoms. The monoisotopic (exact) mass is 344 g/mol. The van der Waals surface area contributed by atoms with Crippen molar-refractivity contribution in [3.05, 3.63) is 28.8 Å². The number of hydrogen-bond donors (Lipinski definition) is 0. The van der Waals surface area contributed by atoms with Gasteiger partial charge in [-0.05, 0) is 31.7 Å². The van der Waals surface area contributed by atoms with Crippen LogP contribution < -0.4 is 4.74 Å². The van der Waals surface area contributed by atoms with Gasteiger partial charge in [-0.25, -0.2) is 0 Å². The first-order chi connectivity index (χ1) is 10.1. The average molecular weight is 345 g/mol. The highest BCUT2D eigenvalue weighted by molar-refractivity contribution is 6.30. The van der Waals surface area contributed by atoms with Gasteiger partial charge in [0, 0.05) is 43.7 Å². The fourth-order valence-electron chi connectivity index (χ4n) is 3.00. The normalized spacial score (nSPS) is 23.2. The van der Waals surface area contributed by atoms with Crippen molar-refractivity contribution in [2.75, 3.05) is 46.4 Å². The molecular weight excluding hydrogens is 323 g/mol. The van der Waals surface area contributed by atoms with Gasteiger partial charge in [0.15, 0.2) is 5.78 Å². The van der Waals surface area contributed by atoms with E-state index in [1.807, 2.05) is 0 Å². The number of carbonyl (C=O) groups is 1. The summed E-state index contributed by atoms with van der Waals surface area (Å²) in [6.07, 6.45) is 0.775. The third kappa shape index (κ3) is 3.93. The highest BCUT2D eigenvalue weighted by Gasteiger charge is 2.29. The van der Waals surface area contributed by atoms with E-state index in [-0.39, 0.29) is 24.1 Å². The van der Waals surface area contributed by atoms with Crippen LogP contribution in [0, 0.1) is 5.92 Å². The number of fused-ring (bicyclic) bond motifs is 1. The average Bonchev–Trinajstić information content (AvgIpc) is 2.61. The minimum Gasteiger partial charge on any atom is -0.493 e. The number of hydrogen-bond acceptors (Lipinski definition) is 4. The quantitative estimate of drug-likeness (QED) is 0.825. The zero-order valence-corrected chi connectivity index (χ0v) is 14.3. The zero-order chi connectivity index (χ0) is 14.8. The summed E-state index contributed by atoms with van der Waals surface area (Å²) >= 11 is 5.98. The molecule has 4 nitrogen and oxygen atoms in total. The topological polar surface area (TPSA) is 32.8 Å². The molecule has 0 amide bonds. The molecular formula is C16H22Cl2N2O2. The lowest BCUT2D eigenvalue weighted by Crippen LogP contribution is -2.47. The minimum absolute atomic E-state index is 0. The van der Waals surface area contributed by atoms with E-state index in [4.69, 9.17) is 16.3 Å². The van der Waals surface area contributed by atoms with Crippen molar-refractivity contribution in [1.29, 1.82) is 0 Å². The molecule has 0 N–H and O–H groups in total. The molecule has 2 aliphatic heterocycles. The molecule has 0 aromatic heterocycles. The summed E-state index contributed by atoms with van der Waals surface area (Å²) in [4.78, 5) is 17.4. The van der Waals surface area contributed by atoms with Gasteiger partial charge >= 0.3 is 0 Å². The van der Waals surface area contributed by atoms with Crippen molar-refractivity contribution >= 4 is 29.8 Å². The van der Waals surface area contributed by atoms with Crippen LogP contribution in [0.25, 0.3) is 0 Å². The molecule has 1 saturated heterocycles. The zero-order valence-electron chi connectivity index (χ0n) is 12.8. The Bertz CT molecular complexity index is 531.